The van der Waals surface area contributed by atoms with Crippen LogP contribution in [0.4, 0.5) is 10.2 Å². The Morgan fingerprint density at radius 2 is 2.09 bits per heavy atom. The van der Waals surface area contributed by atoms with Crippen LogP contribution in [0.3, 0.4) is 0 Å². The van der Waals surface area contributed by atoms with E-state index >= 15 is 0 Å². The summed E-state index contributed by atoms with van der Waals surface area (Å²) in [5.74, 6) is 0.331. The number of rotatable bonds is 5. The zero-order valence-electron chi connectivity index (χ0n) is 12.8. The molecular formula is C16H18FN3O2. The van der Waals surface area contributed by atoms with Gasteiger partial charge in [-0.15, -0.1) is 0 Å². The molecule has 1 aromatic carbocycles. The summed E-state index contributed by atoms with van der Waals surface area (Å²) in [5.41, 5.74) is 1.29. The van der Waals surface area contributed by atoms with Gasteiger partial charge in [0.1, 0.15) is 5.82 Å². The van der Waals surface area contributed by atoms with Crippen molar-refractivity contribution < 1.29 is 13.9 Å². The van der Waals surface area contributed by atoms with Crippen LogP contribution in [0.15, 0.2) is 36.5 Å². The number of pyridine rings is 1. The fraction of sp³-hybridized carbons (Fsp3) is 0.250. The third kappa shape index (κ3) is 3.72. The van der Waals surface area contributed by atoms with Gasteiger partial charge in [-0.2, -0.15) is 0 Å². The van der Waals surface area contributed by atoms with Crippen molar-refractivity contribution in [2.75, 3.05) is 26.5 Å². The maximum Gasteiger partial charge on any atom is 0.254 e. The van der Waals surface area contributed by atoms with Crippen LogP contribution in [0.2, 0.25) is 0 Å². The van der Waals surface area contributed by atoms with Gasteiger partial charge in [0.25, 0.3) is 5.91 Å². The minimum Gasteiger partial charge on any atom is -0.494 e. The zero-order chi connectivity index (χ0) is 16.1. The first kappa shape index (κ1) is 15.8. The van der Waals surface area contributed by atoms with Gasteiger partial charge in [-0.25, -0.2) is 9.37 Å². The molecule has 2 rings (SSSR count). The molecule has 5 nitrogen and oxygen atoms in total. The average molecular weight is 303 g/mol. The molecule has 0 saturated heterocycles. The molecule has 0 unspecified atom stereocenters. The van der Waals surface area contributed by atoms with E-state index in [4.69, 9.17) is 4.74 Å². The average Bonchev–Trinajstić information content (AvgIpc) is 2.52. The summed E-state index contributed by atoms with van der Waals surface area (Å²) in [6.45, 7) is 0.425. The van der Waals surface area contributed by atoms with Gasteiger partial charge in [0.05, 0.1) is 12.7 Å². The molecule has 1 heterocycles. The van der Waals surface area contributed by atoms with E-state index in [0.717, 1.165) is 5.56 Å². The Bertz CT molecular complexity index is 657. The highest BCUT2D eigenvalue weighted by Crippen LogP contribution is 2.18. The Labute approximate surface area is 128 Å². The Morgan fingerprint density at radius 3 is 2.64 bits per heavy atom. The number of aromatic nitrogens is 1. The Balaban J connectivity index is 2.00. The molecule has 0 aliphatic carbocycles. The van der Waals surface area contributed by atoms with E-state index in [1.54, 1.807) is 38.4 Å². The molecule has 0 aliphatic rings. The minimum atomic E-state index is -0.401. The lowest BCUT2D eigenvalue weighted by Gasteiger charge is -2.11. The molecular weight excluding hydrogens is 285 g/mol. The summed E-state index contributed by atoms with van der Waals surface area (Å²) in [6.07, 6.45) is 1.51. The highest BCUT2D eigenvalue weighted by Gasteiger charge is 2.08. The van der Waals surface area contributed by atoms with Crippen molar-refractivity contribution in [2.24, 2.45) is 0 Å². The normalized spacial score (nSPS) is 10.2. The first-order valence-electron chi connectivity index (χ1n) is 6.75. The number of carbonyl (C=O) groups excluding carboxylic acids is 1. The predicted molar refractivity (Wildman–Crippen MR) is 82.5 cm³/mol. The lowest BCUT2D eigenvalue weighted by molar-refractivity contribution is 0.0827. The molecule has 6 heteroatoms. The predicted octanol–water partition coefficient (Wildman–Crippen LogP) is 2.54. The van der Waals surface area contributed by atoms with Gasteiger partial charge in [0.15, 0.2) is 11.6 Å². The highest BCUT2D eigenvalue weighted by molar-refractivity contribution is 5.93. The van der Waals surface area contributed by atoms with Gasteiger partial charge >= 0.3 is 0 Å². The summed E-state index contributed by atoms with van der Waals surface area (Å²) < 4.78 is 18.5. The van der Waals surface area contributed by atoms with Gasteiger partial charge in [0.2, 0.25) is 0 Å². The molecule has 1 amide bonds. The number of carbonyl (C=O) groups is 1. The Hall–Kier alpha value is -2.63. The molecule has 1 N–H and O–H groups in total. The topological polar surface area (TPSA) is 54.5 Å². The maximum atomic E-state index is 13.6. The summed E-state index contributed by atoms with van der Waals surface area (Å²) in [6, 6.07) is 8.19. The van der Waals surface area contributed by atoms with Crippen molar-refractivity contribution >= 4 is 11.7 Å². The van der Waals surface area contributed by atoms with Crippen molar-refractivity contribution in [3.63, 3.8) is 0 Å². The number of halogens is 1. The number of methoxy groups -OCH3 is 1. The number of ether oxygens (including phenoxy) is 1. The van der Waals surface area contributed by atoms with Gasteiger partial charge in [-0.1, -0.05) is 6.07 Å². The number of anilines is 1. The maximum absolute atomic E-state index is 13.6. The monoisotopic (exact) mass is 303 g/mol. The van der Waals surface area contributed by atoms with Gasteiger partial charge in [0, 0.05) is 26.8 Å². The second-order valence-electron chi connectivity index (χ2n) is 4.95. The van der Waals surface area contributed by atoms with E-state index in [1.165, 1.54) is 24.3 Å². The molecule has 0 radical (unpaired) electrons. The number of nitrogens with zero attached hydrogens (tertiary/aromatic N) is 2. The van der Waals surface area contributed by atoms with Gasteiger partial charge in [-0.3, -0.25) is 4.79 Å². The molecule has 2 aromatic rings. The number of nitrogens with one attached hydrogen (secondary N) is 1. The quantitative estimate of drug-likeness (QED) is 0.922. The van der Waals surface area contributed by atoms with Crippen molar-refractivity contribution in [2.45, 2.75) is 6.54 Å². The number of hydrogen-bond donors (Lipinski definition) is 1. The zero-order valence-corrected chi connectivity index (χ0v) is 12.8. The third-order valence-electron chi connectivity index (χ3n) is 3.11. The molecule has 22 heavy (non-hydrogen) atoms. The summed E-state index contributed by atoms with van der Waals surface area (Å²) in [4.78, 5) is 17.4. The Morgan fingerprint density at radius 1 is 1.32 bits per heavy atom. The molecule has 0 aliphatic heterocycles. The van der Waals surface area contributed by atoms with Crippen LogP contribution in [0.5, 0.6) is 5.75 Å². The number of hydrogen-bond acceptors (Lipinski definition) is 4. The standard InChI is InChI=1S/C16H18FN3O2/c1-20(2)16(21)12-5-7-15(19-10-12)18-9-11-4-6-14(22-3)13(17)8-11/h4-8,10H,9H2,1-3H3,(H,18,19). The van der Waals surface area contributed by atoms with Crippen molar-refractivity contribution in [1.82, 2.24) is 9.88 Å². The van der Waals surface area contributed by atoms with Gasteiger partial charge in [-0.05, 0) is 29.8 Å². The largest absolute Gasteiger partial charge is 0.494 e. The first-order chi connectivity index (χ1) is 10.5. The molecule has 0 atom stereocenters. The number of benzene rings is 1. The van der Waals surface area contributed by atoms with Crippen LogP contribution in [0, 0.1) is 5.82 Å². The third-order valence-corrected chi connectivity index (χ3v) is 3.11. The summed E-state index contributed by atoms with van der Waals surface area (Å²) >= 11 is 0. The molecule has 0 fully saturated rings. The van der Waals surface area contributed by atoms with E-state index in [9.17, 15) is 9.18 Å². The minimum absolute atomic E-state index is 0.101. The van der Waals surface area contributed by atoms with Crippen LogP contribution in [0.1, 0.15) is 15.9 Å². The van der Waals surface area contributed by atoms with E-state index in [1.807, 2.05) is 0 Å². The van der Waals surface area contributed by atoms with E-state index in [0.29, 0.717) is 17.9 Å². The van der Waals surface area contributed by atoms with Crippen LogP contribution >= 0.6 is 0 Å². The van der Waals surface area contributed by atoms with E-state index < -0.39 is 5.82 Å². The van der Waals surface area contributed by atoms with Crippen LogP contribution in [-0.2, 0) is 6.54 Å². The second-order valence-corrected chi connectivity index (χ2v) is 4.95. The van der Waals surface area contributed by atoms with Crippen molar-refractivity contribution in [3.05, 3.63) is 53.5 Å². The molecule has 0 spiro atoms. The van der Waals surface area contributed by atoms with E-state index in [-0.39, 0.29) is 11.7 Å². The second kappa shape index (κ2) is 6.89. The van der Waals surface area contributed by atoms with E-state index in [2.05, 4.69) is 10.3 Å². The fourth-order valence-electron chi connectivity index (χ4n) is 1.90. The molecule has 0 bridgehead atoms. The molecule has 116 valence electrons. The Kier molecular flexibility index (Phi) is 4.93. The molecule has 0 saturated carbocycles. The smallest absolute Gasteiger partial charge is 0.254 e. The first-order valence-corrected chi connectivity index (χ1v) is 6.75. The SMILES string of the molecule is COc1ccc(CNc2ccc(C(=O)N(C)C)cn2)cc1F. The van der Waals surface area contributed by atoms with Crippen LogP contribution < -0.4 is 10.1 Å². The van der Waals surface area contributed by atoms with Crippen LogP contribution in [-0.4, -0.2) is 37.0 Å². The fourth-order valence-corrected chi connectivity index (χ4v) is 1.90. The number of amides is 1. The lowest BCUT2D eigenvalue weighted by Crippen LogP contribution is -2.21. The summed E-state index contributed by atoms with van der Waals surface area (Å²) in [5, 5.41) is 3.08. The highest BCUT2D eigenvalue weighted by atomic mass is 19.1. The summed E-state index contributed by atoms with van der Waals surface area (Å²) in [7, 11) is 4.80. The molecule has 1 aromatic heterocycles. The lowest BCUT2D eigenvalue weighted by atomic mass is 10.2. The van der Waals surface area contributed by atoms with Gasteiger partial charge < -0.3 is 15.0 Å². The van der Waals surface area contributed by atoms with Crippen molar-refractivity contribution in [1.29, 1.82) is 0 Å². The van der Waals surface area contributed by atoms with Crippen LogP contribution in [0.25, 0.3) is 0 Å². The van der Waals surface area contributed by atoms with Crippen molar-refractivity contribution in [3.8, 4) is 5.75 Å².